The number of halogens is 2. The normalized spacial score (nSPS) is 14.4. The number of hydrogen-bond donors (Lipinski definition) is 1. The van der Waals surface area contributed by atoms with Crippen molar-refractivity contribution in [2.24, 2.45) is 0 Å². The second kappa shape index (κ2) is 5.74. The van der Waals surface area contributed by atoms with Crippen LogP contribution in [0.15, 0.2) is 53.0 Å². The van der Waals surface area contributed by atoms with Crippen LogP contribution < -0.4 is 0 Å². The minimum Gasteiger partial charge on any atom is -0.246 e. The van der Waals surface area contributed by atoms with Crippen molar-refractivity contribution in [3.05, 3.63) is 63.6 Å². The zero-order valence-electron chi connectivity index (χ0n) is 9.72. The van der Waals surface area contributed by atoms with Gasteiger partial charge in [0.2, 0.25) is 0 Å². The molecule has 1 unspecified atom stereocenters. The molecule has 0 aliphatic rings. The summed E-state index contributed by atoms with van der Waals surface area (Å²) >= 11 is 12.0. The Morgan fingerprint density at radius 3 is 2.37 bits per heavy atom. The fourth-order valence-corrected chi connectivity index (χ4v) is 2.92. The predicted molar refractivity (Wildman–Crippen MR) is 78.9 cm³/mol. The number of rotatable bonds is 3. The lowest BCUT2D eigenvalue weighted by Gasteiger charge is -2.03. The van der Waals surface area contributed by atoms with Gasteiger partial charge in [0.1, 0.15) is 14.8 Å². The number of nitrogens with one attached hydrogen (secondary N) is 1. The Hall–Kier alpha value is -1.36. The third kappa shape index (κ3) is 3.35. The monoisotopic (exact) mass is 312 g/mol. The van der Waals surface area contributed by atoms with Crippen LogP contribution in [0.1, 0.15) is 5.56 Å². The topological polar surface area (TPSA) is 53.8 Å². The summed E-state index contributed by atoms with van der Waals surface area (Å²) in [5.74, 6) is 0. The minimum absolute atomic E-state index is 0.203. The SMILES string of the molecule is N=S(=O)(/C=C/c1c(Cl)cccc1Cl)c1ccccn1. The van der Waals surface area contributed by atoms with Gasteiger partial charge >= 0.3 is 0 Å². The van der Waals surface area contributed by atoms with Gasteiger partial charge in [-0.25, -0.2) is 14.0 Å². The fourth-order valence-electron chi connectivity index (χ4n) is 1.43. The average Bonchev–Trinajstić information content (AvgIpc) is 2.39. The molecule has 0 fully saturated rings. The molecular weight excluding hydrogens is 303 g/mol. The summed E-state index contributed by atoms with van der Waals surface area (Å²) in [6, 6.07) is 10.0. The van der Waals surface area contributed by atoms with Crippen molar-refractivity contribution in [2.75, 3.05) is 0 Å². The molecule has 1 aromatic heterocycles. The highest BCUT2D eigenvalue weighted by atomic mass is 35.5. The largest absolute Gasteiger partial charge is 0.246 e. The Morgan fingerprint density at radius 1 is 1.11 bits per heavy atom. The molecule has 0 aliphatic carbocycles. The first-order chi connectivity index (χ1) is 9.00. The van der Waals surface area contributed by atoms with Crippen LogP contribution in [-0.2, 0) is 9.73 Å². The van der Waals surface area contributed by atoms with E-state index in [1.54, 1.807) is 36.4 Å². The molecule has 1 aromatic carbocycles. The van der Waals surface area contributed by atoms with Gasteiger partial charge in [-0.05, 0) is 30.3 Å². The smallest absolute Gasteiger partial charge is 0.139 e. The van der Waals surface area contributed by atoms with Gasteiger partial charge in [-0.2, -0.15) is 0 Å². The van der Waals surface area contributed by atoms with Crippen LogP contribution in [0, 0.1) is 4.78 Å². The van der Waals surface area contributed by atoms with Crippen LogP contribution in [0.4, 0.5) is 0 Å². The van der Waals surface area contributed by atoms with E-state index in [1.807, 2.05) is 0 Å². The standard InChI is InChI=1S/C13H10Cl2N2OS/c14-11-4-3-5-12(15)10(11)7-9-19(16,18)13-6-1-2-8-17-13/h1-9,16H/b9-7+. The summed E-state index contributed by atoms with van der Waals surface area (Å²) in [5, 5.41) is 2.36. The highest BCUT2D eigenvalue weighted by Crippen LogP contribution is 2.26. The average molecular weight is 313 g/mol. The van der Waals surface area contributed by atoms with E-state index in [0.29, 0.717) is 15.6 Å². The van der Waals surface area contributed by atoms with Gasteiger partial charge in [0.05, 0.1) is 0 Å². The predicted octanol–water partition coefficient (Wildman–Crippen LogP) is 4.46. The Labute approximate surface area is 121 Å². The molecule has 2 rings (SSSR count). The zero-order valence-corrected chi connectivity index (χ0v) is 12.0. The van der Waals surface area contributed by atoms with E-state index in [2.05, 4.69) is 4.98 Å². The molecule has 0 amide bonds. The Bertz CT molecular complexity index is 692. The van der Waals surface area contributed by atoms with Crippen molar-refractivity contribution >= 4 is 39.0 Å². The molecule has 1 atom stereocenters. The molecular formula is C13H10Cl2N2OS. The summed E-state index contributed by atoms with van der Waals surface area (Å²) in [6.45, 7) is 0. The Balaban J connectivity index is 2.39. The molecule has 19 heavy (non-hydrogen) atoms. The molecule has 0 saturated heterocycles. The van der Waals surface area contributed by atoms with Gasteiger partial charge in [-0.1, -0.05) is 35.3 Å². The van der Waals surface area contributed by atoms with Crippen molar-refractivity contribution in [3.63, 3.8) is 0 Å². The first-order valence-corrected chi connectivity index (χ1v) is 7.70. The van der Waals surface area contributed by atoms with Gasteiger partial charge in [0.25, 0.3) is 0 Å². The maximum absolute atomic E-state index is 12.2. The Kier molecular flexibility index (Phi) is 4.24. The molecule has 2 aromatic rings. The lowest BCUT2D eigenvalue weighted by Crippen LogP contribution is -1.96. The summed E-state index contributed by atoms with van der Waals surface area (Å²) in [6.07, 6.45) is 2.99. The molecule has 0 radical (unpaired) electrons. The molecule has 98 valence electrons. The molecule has 6 heteroatoms. The third-order valence-corrected chi connectivity index (χ3v) is 4.42. The second-order valence-corrected chi connectivity index (χ2v) is 6.41. The maximum Gasteiger partial charge on any atom is 0.139 e. The quantitative estimate of drug-likeness (QED) is 0.909. The summed E-state index contributed by atoms with van der Waals surface area (Å²) in [5.41, 5.74) is 0.543. The third-order valence-electron chi connectivity index (χ3n) is 2.37. The van der Waals surface area contributed by atoms with Crippen LogP contribution in [0.25, 0.3) is 6.08 Å². The zero-order chi connectivity index (χ0) is 13.9. The van der Waals surface area contributed by atoms with Crippen LogP contribution in [0.5, 0.6) is 0 Å². The molecule has 3 nitrogen and oxygen atoms in total. The molecule has 1 heterocycles. The first-order valence-electron chi connectivity index (χ1n) is 5.33. The van der Waals surface area contributed by atoms with Crippen LogP contribution in [-0.4, -0.2) is 9.19 Å². The summed E-state index contributed by atoms with van der Waals surface area (Å²) in [4.78, 5) is 3.93. The van der Waals surface area contributed by atoms with Gasteiger partial charge in [-0.3, -0.25) is 0 Å². The number of pyridine rings is 1. The molecule has 0 spiro atoms. The summed E-state index contributed by atoms with van der Waals surface area (Å²) in [7, 11) is -3.10. The van der Waals surface area contributed by atoms with Gasteiger partial charge in [-0.15, -0.1) is 0 Å². The number of nitrogens with zero attached hydrogens (tertiary/aromatic N) is 1. The fraction of sp³-hybridized carbons (Fsp3) is 0. The van der Waals surface area contributed by atoms with Crippen molar-refractivity contribution in [1.29, 1.82) is 4.78 Å². The van der Waals surface area contributed by atoms with E-state index in [9.17, 15) is 4.21 Å². The lowest BCUT2D eigenvalue weighted by molar-refractivity contribution is 0.678. The van der Waals surface area contributed by atoms with Crippen LogP contribution in [0.3, 0.4) is 0 Å². The highest BCUT2D eigenvalue weighted by molar-refractivity contribution is 7.95. The molecule has 0 aliphatic heterocycles. The molecule has 0 bridgehead atoms. The van der Waals surface area contributed by atoms with E-state index in [0.717, 1.165) is 0 Å². The second-order valence-electron chi connectivity index (χ2n) is 3.71. The number of benzene rings is 1. The van der Waals surface area contributed by atoms with Crippen molar-refractivity contribution < 1.29 is 4.21 Å². The highest BCUT2D eigenvalue weighted by Gasteiger charge is 2.08. The van der Waals surface area contributed by atoms with Crippen molar-refractivity contribution in [3.8, 4) is 0 Å². The van der Waals surface area contributed by atoms with Crippen LogP contribution >= 0.6 is 23.2 Å². The number of aromatic nitrogens is 1. The van der Waals surface area contributed by atoms with E-state index < -0.39 is 9.73 Å². The summed E-state index contributed by atoms with van der Waals surface area (Å²) < 4.78 is 20.1. The molecule has 1 N–H and O–H groups in total. The van der Waals surface area contributed by atoms with E-state index in [-0.39, 0.29) is 5.03 Å². The molecule has 0 saturated carbocycles. The lowest BCUT2D eigenvalue weighted by atomic mass is 10.2. The maximum atomic E-state index is 12.2. The van der Waals surface area contributed by atoms with Crippen molar-refractivity contribution in [1.82, 2.24) is 4.98 Å². The number of hydrogen-bond acceptors (Lipinski definition) is 3. The van der Waals surface area contributed by atoms with Crippen molar-refractivity contribution in [2.45, 2.75) is 5.03 Å². The van der Waals surface area contributed by atoms with Crippen LogP contribution in [0.2, 0.25) is 10.0 Å². The van der Waals surface area contributed by atoms with E-state index in [1.165, 1.54) is 17.7 Å². The first kappa shape index (κ1) is 14.1. The minimum atomic E-state index is -3.10. The van der Waals surface area contributed by atoms with Gasteiger partial charge in [0, 0.05) is 27.2 Å². The Morgan fingerprint density at radius 2 is 1.79 bits per heavy atom. The van der Waals surface area contributed by atoms with E-state index >= 15 is 0 Å². The van der Waals surface area contributed by atoms with E-state index in [4.69, 9.17) is 28.0 Å². The van der Waals surface area contributed by atoms with Gasteiger partial charge < -0.3 is 0 Å². The van der Waals surface area contributed by atoms with Gasteiger partial charge in [0.15, 0.2) is 0 Å².